The Hall–Kier alpha value is -1.89. The highest BCUT2D eigenvalue weighted by atomic mass is 16.2. The third-order valence-corrected chi connectivity index (χ3v) is 4.56. The maximum Gasteiger partial charge on any atom is 0.317 e. The number of anilines is 1. The molecule has 126 valence electrons. The summed E-state index contributed by atoms with van der Waals surface area (Å²) < 4.78 is 0. The summed E-state index contributed by atoms with van der Waals surface area (Å²) in [7, 11) is 0. The van der Waals surface area contributed by atoms with Gasteiger partial charge in [-0.25, -0.2) is 14.8 Å². The Morgan fingerprint density at radius 2 is 1.91 bits per heavy atom. The average molecular weight is 318 g/mol. The summed E-state index contributed by atoms with van der Waals surface area (Å²) in [6.45, 7) is 5.48. The first-order valence-electron chi connectivity index (χ1n) is 8.60. The van der Waals surface area contributed by atoms with Crippen LogP contribution in [0.2, 0.25) is 0 Å². The summed E-state index contributed by atoms with van der Waals surface area (Å²) in [5.74, 6) is 0.592. The molecule has 0 bridgehead atoms. The van der Waals surface area contributed by atoms with E-state index in [1.54, 1.807) is 18.5 Å². The van der Waals surface area contributed by atoms with E-state index < -0.39 is 0 Å². The van der Waals surface area contributed by atoms with Crippen molar-refractivity contribution in [2.24, 2.45) is 0 Å². The van der Waals surface area contributed by atoms with Crippen LogP contribution in [-0.4, -0.2) is 71.1 Å². The fourth-order valence-corrected chi connectivity index (χ4v) is 3.39. The molecule has 1 aromatic heterocycles. The number of nitrogens with zero attached hydrogens (tertiary/aromatic N) is 4. The van der Waals surface area contributed by atoms with Crippen LogP contribution in [-0.2, 0) is 0 Å². The second kappa shape index (κ2) is 8.10. The van der Waals surface area contributed by atoms with Crippen molar-refractivity contribution in [3.05, 3.63) is 18.5 Å². The minimum atomic E-state index is 0.0578. The van der Waals surface area contributed by atoms with E-state index in [4.69, 9.17) is 0 Å². The fraction of sp³-hybridized carbons (Fsp3) is 0.688. The predicted octanol–water partition coefficient (Wildman–Crippen LogP) is 1.16. The topological polar surface area (TPSA) is 73.4 Å². The Bertz CT molecular complexity index is 491. The number of amides is 2. The zero-order valence-corrected chi connectivity index (χ0v) is 13.6. The van der Waals surface area contributed by atoms with E-state index in [1.807, 2.05) is 4.90 Å². The van der Waals surface area contributed by atoms with Gasteiger partial charge in [-0.2, -0.15) is 0 Å². The summed E-state index contributed by atoms with van der Waals surface area (Å²) in [5.41, 5.74) is 0. The lowest BCUT2D eigenvalue weighted by molar-refractivity contribution is 0.175. The maximum atomic E-state index is 12.4. The summed E-state index contributed by atoms with van der Waals surface area (Å²) in [5, 5.41) is 6.10. The van der Waals surface area contributed by atoms with Gasteiger partial charge >= 0.3 is 6.03 Å². The largest absolute Gasteiger partial charge is 0.352 e. The van der Waals surface area contributed by atoms with Crippen molar-refractivity contribution in [2.45, 2.75) is 31.7 Å². The number of urea groups is 1. The van der Waals surface area contributed by atoms with Crippen LogP contribution in [0.4, 0.5) is 10.7 Å². The number of likely N-dealkylation sites (tertiary alicyclic amines) is 2. The monoisotopic (exact) mass is 318 g/mol. The van der Waals surface area contributed by atoms with Crippen molar-refractivity contribution in [3.8, 4) is 0 Å². The molecule has 0 aromatic carbocycles. The number of hydrogen-bond acceptors (Lipinski definition) is 5. The van der Waals surface area contributed by atoms with Gasteiger partial charge in [0.1, 0.15) is 0 Å². The lowest BCUT2D eigenvalue weighted by Crippen LogP contribution is -2.47. The van der Waals surface area contributed by atoms with Gasteiger partial charge in [0.05, 0.1) is 0 Å². The van der Waals surface area contributed by atoms with Crippen LogP contribution < -0.4 is 10.6 Å². The molecular weight excluding hydrogens is 292 g/mol. The van der Waals surface area contributed by atoms with Crippen molar-refractivity contribution >= 4 is 12.0 Å². The van der Waals surface area contributed by atoms with E-state index in [9.17, 15) is 4.79 Å². The molecule has 1 atom stereocenters. The molecule has 0 aliphatic carbocycles. The van der Waals surface area contributed by atoms with E-state index in [0.717, 1.165) is 25.9 Å². The lowest BCUT2D eigenvalue weighted by atomic mass is 10.2. The molecule has 23 heavy (non-hydrogen) atoms. The van der Waals surface area contributed by atoms with Gasteiger partial charge in [-0.1, -0.05) is 0 Å². The molecule has 7 nitrogen and oxygen atoms in total. The summed E-state index contributed by atoms with van der Waals surface area (Å²) in [6.07, 6.45) is 8.22. The standard InChI is InChI=1S/C16H26N6O/c23-16(20-9-8-19-15-17-6-4-7-18-15)22-12-3-5-14(22)13-21-10-1-2-11-21/h4,6-7,14H,1-3,5,8-13H2,(H,20,23)(H,17,18,19)/t14-/m0/s1. The number of hydrogen-bond donors (Lipinski definition) is 2. The highest BCUT2D eigenvalue weighted by molar-refractivity contribution is 5.74. The minimum Gasteiger partial charge on any atom is -0.352 e. The first-order valence-corrected chi connectivity index (χ1v) is 8.60. The van der Waals surface area contributed by atoms with Crippen LogP contribution in [0.5, 0.6) is 0 Å². The number of carbonyl (C=O) groups excluding carboxylic acids is 1. The van der Waals surface area contributed by atoms with Crippen LogP contribution >= 0.6 is 0 Å². The van der Waals surface area contributed by atoms with Crippen LogP contribution in [0.25, 0.3) is 0 Å². The van der Waals surface area contributed by atoms with Crippen molar-refractivity contribution in [1.82, 2.24) is 25.1 Å². The maximum absolute atomic E-state index is 12.4. The van der Waals surface area contributed by atoms with Crippen molar-refractivity contribution in [2.75, 3.05) is 44.6 Å². The van der Waals surface area contributed by atoms with Gasteiger partial charge in [-0.15, -0.1) is 0 Å². The molecule has 0 saturated carbocycles. The van der Waals surface area contributed by atoms with Crippen molar-refractivity contribution in [3.63, 3.8) is 0 Å². The zero-order valence-electron chi connectivity index (χ0n) is 13.6. The molecule has 0 radical (unpaired) electrons. The Morgan fingerprint density at radius 3 is 2.70 bits per heavy atom. The van der Waals surface area contributed by atoms with E-state index in [0.29, 0.717) is 25.1 Å². The molecule has 2 aliphatic rings. The second-order valence-electron chi connectivity index (χ2n) is 6.23. The molecule has 7 heteroatoms. The SMILES string of the molecule is O=C(NCCNc1ncccn1)N1CCC[C@H]1CN1CCCC1. The zero-order chi connectivity index (χ0) is 15.9. The lowest BCUT2D eigenvalue weighted by Gasteiger charge is -2.28. The van der Waals surface area contributed by atoms with Gasteiger partial charge in [0, 0.05) is 44.6 Å². The first kappa shape index (κ1) is 16.0. The van der Waals surface area contributed by atoms with Crippen LogP contribution in [0.15, 0.2) is 18.5 Å². The Kier molecular flexibility index (Phi) is 5.63. The quantitative estimate of drug-likeness (QED) is 0.770. The molecule has 0 unspecified atom stereocenters. The van der Waals surface area contributed by atoms with Crippen molar-refractivity contribution < 1.29 is 4.79 Å². The Morgan fingerprint density at radius 1 is 1.13 bits per heavy atom. The highest BCUT2D eigenvalue weighted by Gasteiger charge is 2.30. The molecule has 2 saturated heterocycles. The van der Waals surface area contributed by atoms with E-state index in [1.165, 1.54) is 25.9 Å². The molecular formula is C16H26N6O. The van der Waals surface area contributed by atoms with Crippen LogP contribution in [0.1, 0.15) is 25.7 Å². The molecule has 1 aromatic rings. The van der Waals surface area contributed by atoms with Crippen LogP contribution in [0, 0.1) is 0 Å². The highest BCUT2D eigenvalue weighted by Crippen LogP contribution is 2.20. The molecule has 2 amide bonds. The summed E-state index contributed by atoms with van der Waals surface area (Å²) in [6, 6.07) is 2.21. The van der Waals surface area contributed by atoms with Gasteiger partial charge < -0.3 is 20.4 Å². The van der Waals surface area contributed by atoms with E-state index in [2.05, 4.69) is 25.5 Å². The normalized spacial score (nSPS) is 21.6. The predicted molar refractivity (Wildman–Crippen MR) is 89.3 cm³/mol. The third-order valence-electron chi connectivity index (χ3n) is 4.56. The van der Waals surface area contributed by atoms with Crippen LogP contribution in [0.3, 0.4) is 0 Å². The minimum absolute atomic E-state index is 0.0578. The number of aromatic nitrogens is 2. The Balaban J connectivity index is 1.38. The smallest absolute Gasteiger partial charge is 0.317 e. The molecule has 0 spiro atoms. The Labute approximate surface area is 137 Å². The van der Waals surface area contributed by atoms with Gasteiger partial charge in [0.2, 0.25) is 5.95 Å². The van der Waals surface area contributed by atoms with Gasteiger partial charge in [0.15, 0.2) is 0 Å². The molecule has 3 rings (SSSR count). The summed E-state index contributed by atoms with van der Waals surface area (Å²) >= 11 is 0. The molecule has 3 heterocycles. The third kappa shape index (κ3) is 4.54. The fourth-order valence-electron chi connectivity index (χ4n) is 3.39. The van der Waals surface area contributed by atoms with Gasteiger partial charge in [-0.3, -0.25) is 0 Å². The van der Waals surface area contributed by atoms with E-state index in [-0.39, 0.29) is 6.03 Å². The second-order valence-corrected chi connectivity index (χ2v) is 6.23. The van der Waals surface area contributed by atoms with Gasteiger partial charge in [-0.05, 0) is 44.8 Å². The number of carbonyl (C=O) groups is 1. The number of nitrogens with one attached hydrogen (secondary N) is 2. The first-order chi connectivity index (χ1) is 11.3. The molecule has 2 fully saturated rings. The molecule has 2 aliphatic heterocycles. The average Bonchev–Trinajstić information content (AvgIpc) is 3.25. The molecule has 2 N–H and O–H groups in total. The summed E-state index contributed by atoms with van der Waals surface area (Å²) in [4.78, 5) is 25.1. The van der Waals surface area contributed by atoms with Gasteiger partial charge in [0.25, 0.3) is 0 Å². The van der Waals surface area contributed by atoms with E-state index >= 15 is 0 Å². The van der Waals surface area contributed by atoms with Crippen molar-refractivity contribution in [1.29, 1.82) is 0 Å². The number of rotatable bonds is 6.